The van der Waals surface area contributed by atoms with Crippen molar-refractivity contribution in [3.05, 3.63) is 72.9 Å². The van der Waals surface area contributed by atoms with Crippen LogP contribution in [-0.4, -0.2) is 66.5 Å². The van der Waals surface area contributed by atoms with Crippen molar-refractivity contribution >= 4 is 25.7 Å². The summed E-state index contributed by atoms with van der Waals surface area (Å²) in [5.41, 5.74) is 0. The molecule has 0 aromatic carbocycles. The summed E-state index contributed by atoms with van der Waals surface area (Å²) in [6.07, 6.45) is 65.6. The molecule has 12 heteroatoms. The van der Waals surface area contributed by atoms with Crippen LogP contribution in [0, 0.1) is 0 Å². The number of phosphoric ester groups is 1. The summed E-state index contributed by atoms with van der Waals surface area (Å²) < 4.78 is 39.6. The van der Waals surface area contributed by atoms with E-state index in [2.05, 4.69) is 93.7 Å². The lowest BCUT2D eigenvalue weighted by Crippen LogP contribution is -2.30. The number of carbonyl (C=O) groups is 3. The lowest BCUT2D eigenvalue weighted by atomic mass is 10.0. The van der Waals surface area contributed by atoms with Gasteiger partial charge in [-0.05, 0) is 89.9 Å². The fraction of sp³-hybridized carbons (Fsp3) is 0.766. The molecule has 3 unspecified atom stereocenters. The van der Waals surface area contributed by atoms with Crippen LogP contribution in [0.25, 0.3) is 0 Å². The van der Waals surface area contributed by atoms with E-state index < -0.39 is 57.8 Å². The molecule has 0 rings (SSSR count). The van der Waals surface area contributed by atoms with Gasteiger partial charge in [0.15, 0.2) is 6.10 Å². The Morgan fingerprint density at radius 2 is 0.684 bits per heavy atom. The summed E-state index contributed by atoms with van der Waals surface area (Å²) in [4.78, 5) is 48.6. The average Bonchev–Trinajstić information content (AvgIpc) is 3.41. The molecule has 0 fully saturated rings. The summed E-state index contributed by atoms with van der Waals surface area (Å²) in [7, 11) is -4.76. The van der Waals surface area contributed by atoms with Crippen molar-refractivity contribution in [1.29, 1.82) is 0 Å². The van der Waals surface area contributed by atoms with Gasteiger partial charge in [-0.2, -0.15) is 0 Å². The van der Waals surface area contributed by atoms with Gasteiger partial charge in [-0.15, -0.1) is 0 Å². The fourth-order valence-corrected chi connectivity index (χ4v) is 9.22. The maximum absolute atomic E-state index is 12.9. The molecule has 0 amide bonds. The van der Waals surface area contributed by atoms with Crippen molar-refractivity contribution in [2.45, 2.75) is 290 Å². The second-order valence-corrected chi connectivity index (χ2v) is 21.9. The molecule has 2 N–H and O–H groups in total. The number of aliphatic hydroxyl groups is 1. The van der Waals surface area contributed by atoms with Gasteiger partial charge >= 0.3 is 25.7 Å². The van der Waals surface area contributed by atoms with Crippen LogP contribution in [0.5, 0.6) is 0 Å². The number of hydrogen-bond donors (Lipinski definition) is 2. The van der Waals surface area contributed by atoms with Gasteiger partial charge < -0.3 is 24.2 Å². The van der Waals surface area contributed by atoms with Gasteiger partial charge in [-0.25, -0.2) is 4.57 Å². The lowest BCUT2D eigenvalue weighted by molar-refractivity contribution is -0.161. The second-order valence-electron chi connectivity index (χ2n) is 20.5. The maximum Gasteiger partial charge on any atom is 0.472 e. The zero-order valence-electron chi connectivity index (χ0n) is 48.7. The standard InChI is InChI=1S/C64H113O11P/c1-4-7-10-13-16-19-22-25-27-29-30-32-34-37-40-43-46-49-52-55-64(68)75-61(57-71-62(66)53-50-47-44-41-38-35-24-21-18-15-12-9-6-3)59-73-76(69,70)72-58-60(56-65)74-63(67)54-51-48-45-42-39-36-33-31-28-26-23-20-17-14-11-8-5-2/h8,11,16-17,19-20,25-28,30,32,60-61,65H,4-7,9-10,12-15,18,21-24,29,31,33-59H2,1-3H3,(H,69,70)/b11-8-,19-16-,20-17-,27-25-,28-26-,32-30-. The molecule has 0 saturated carbocycles. The van der Waals surface area contributed by atoms with Crippen LogP contribution in [0.4, 0.5) is 0 Å². The number of esters is 3. The third kappa shape index (κ3) is 55.7. The summed E-state index contributed by atoms with van der Waals surface area (Å²) in [6.45, 7) is 4.51. The summed E-state index contributed by atoms with van der Waals surface area (Å²) in [5, 5.41) is 9.84. The van der Waals surface area contributed by atoms with Crippen LogP contribution in [0.2, 0.25) is 0 Å². The van der Waals surface area contributed by atoms with E-state index >= 15 is 0 Å². The summed E-state index contributed by atoms with van der Waals surface area (Å²) in [6, 6.07) is 0. The van der Waals surface area contributed by atoms with Crippen LogP contribution in [0.1, 0.15) is 278 Å². The van der Waals surface area contributed by atoms with E-state index in [4.69, 9.17) is 23.3 Å². The number of unbranched alkanes of at least 4 members (excludes halogenated alkanes) is 28. The topological polar surface area (TPSA) is 155 Å². The van der Waals surface area contributed by atoms with Crippen molar-refractivity contribution in [1.82, 2.24) is 0 Å². The Bertz CT molecular complexity index is 1550. The van der Waals surface area contributed by atoms with Crippen LogP contribution in [0.3, 0.4) is 0 Å². The smallest absolute Gasteiger partial charge is 0.462 e. The van der Waals surface area contributed by atoms with Crippen molar-refractivity contribution < 1.29 is 52.2 Å². The van der Waals surface area contributed by atoms with Gasteiger partial charge in [0, 0.05) is 19.3 Å². The number of carbonyl (C=O) groups excluding carboxylic acids is 3. The number of allylic oxidation sites excluding steroid dienone is 12. The Morgan fingerprint density at radius 1 is 0.382 bits per heavy atom. The zero-order chi connectivity index (χ0) is 55.5. The Balaban J connectivity index is 4.70. The minimum absolute atomic E-state index is 0.153. The fourth-order valence-electron chi connectivity index (χ4n) is 8.44. The molecular weight excluding hydrogens is 976 g/mol. The monoisotopic (exact) mass is 1090 g/mol. The molecule has 0 aliphatic carbocycles. The van der Waals surface area contributed by atoms with Gasteiger partial charge in [0.05, 0.1) is 19.8 Å². The molecule has 0 radical (unpaired) electrons. The highest BCUT2D eigenvalue weighted by atomic mass is 31.2. The molecule has 440 valence electrons. The van der Waals surface area contributed by atoms with E-state index in [-0.39, 0.29) is 25.9 Å². The molecule has 0 bridgehead atoms. The molecule has 11 nitrogen and oxygen atoms in total. The van der Waals surface area contributed by atoms with Gasteiger partial charge in [0.25, 0.3) is 0 Å². The predicted octanol–water partition coefficient (Wildman–Crippen LogP) is 18.5. The van der Waals surface area contributed by atoms with Crippen LogP contribution in [0.15, 0.2) is 72.9 Å². The number of phosphoric acid groups is 1. The average molecular weight is 1090 g/mol. The van der Waals surface area contributed by atoms with Crippen molar-refractivity contribution in [3.63, 3.8) is 0 Å². The summed E-state index contributed by atoms with van der Waals surface area (Å²) in [5.74, 6) is -1.48. The van der Waals surface area contributed by atoms with Crippen LogP contribution < -0.4 is 0 Å². The highest BCUT2D eigenvalue weighted by molar-refractivity contribution is 7.47. The molecular formula is C64H113O11P. The van der Waals surface area contributed by atoms with Crippen molar-refractivity contribution in [2.75, 3.05) is 26.4 Å². The van der Waals surface area contributed by atoms with Crippen LogP contribution >= 0.6 is 7.82 Å². The second kappa shape index (κ2) is 58.1. The number of rotatable bonds is 57. The Hall–Kier alpha value is -3.08. The lowest BCUT2D eigenvalue weighted by Gasteiger charge is -2.21. The summed E-state index contributed by atoms with van der Waals surface area (Å²) >= 11 is 0. The van der Waals surface area contributed by atoms with Gasteiger partial charge in [0.1, 0.15) is 12.7 Å². The van der Waals surface area contributed by atoms with E-state index in [0.717, 1.165) is 122 Å². The van der Waals surface area contributed by atoms with Crippen LogP contribution in [-0.2, 0) is 42.2 Å². The minimum Gasteiger partial charge on any atom is -0.462 e. The van der Waals surface area contributed by atoms with Gasteiger partial charge in [-0.1, -0.05) is 241 Å². The SMILES string of the molecule is CC/C=C\C/C=C\C/C=C\CCCCCCCCCC(=O)OC(CO)COP(=O)(O)OCC(COC(=O)CCCCCCCCCCCCCCC)OC(=O)CCCCCCCC/C=C\C/C=C\C/C=C\CCCCC. The zero-order valence-corrected chi connectivity index (χ0v) is 49.6. The maximum atomic E-state index is 12.9. The van der Waals surface area contributed by atoms with E-state index in [1.165, 1.54) is 96.3 Å². The van der Waals surface area contributed by atoms with Gasteiger partial charge in [-0.3, -0.25) is 23.4 Å². The number of aliphatic hydroxyl groups excluding tert-OH is 1. The highest BCUT2D eigenvalue weighted by Gasteiger charge is 2.28. The number of hydrogen-bond acceptors (Lipinski definition) is 10. The van der Waals surface area contributed by atoms with E-state index in [9.17, 15) is 28.9 Å². The normalized spacial score (nSPS) is 13.8. The first kappa shape index (κ1) is 72.9. The molecule has 0 aliphatic rings. The third-order valence-electron chi connectivity index (χ3n) is 13.1. The molecule has 3 atom stereocenters. The molecule has 0 aromatic heterocycles. The molecule has 0 saturated heterocycles. The quantitative estimate of drug-likeness (QED) is 0.0197. The molecule has 0 heterocycles. The highest BCUT2D eigenvalue weighted by Crippen LogP contribution is 2.43. The Kier molecular flexibility index (Phi) is 55.7. The Labute approximate surface area is 465 Å². The molecule has 0 aliphatic heterocycles. The molecule has 76 heavy (non-hydrogen) atoms. The van der Waals surface area contributed by atoms with Gasteiger partial charge in [0.2, 0.25) is 0 Å². The van der Waals surface area contributed by atoms with E-state index in [1.807, 2.05) is 0 Å². The third-order valence-corrected chi connectivity index (χ3v) is 14.1. The Morgan fingerprint density at radius 3 is 1.08 bits per heavy atom. The molecule has 0 aromatic rings. The first-order chi connectivity index (χ1) is 37.2. The van der Waals surface area contributed by atoms with E-state index in [0.29, 0.717) is 19.3 Å². The largest absolute Gasteiger partial charge is 0.472 e. The molecule has 0 spiro atoms. The first-order valence-electron chi connectivity index (χ1n) is 30.8. The predicted molar refractivity (Wildman–Crippen MR) is 316 cm³/mol. The van der Waals surface area contributed by atoms with Crippen molar-refractivity contribution in [3.8, 4) is 0 Å². The first-order valence-corrected chi connectivity index (χ1v) is 32.3. The van der Waals surface area contributed by atoms with Crippen molar-refractivity contribution in [2.24, 2.45) is 0 Å². The van der Waals surface area contributed by atoms with E-state index in [1.54, 1.807) is 0 Å². The minimum atomic E-state index is -4.76. The number of ether oxygens (including phenoxy) is 3.